The first kappa shape index (κ1) is 123. The highest BCUT2D eigenvalue weighted by Gasteiger charge is 2.40. The third-order valence-corrected chi connectivity index (χ3v) is 24.0. The summed E-state index contributed by atoms with van der Waals surface area (Å²) in [6, 6.07) is -2.37. The van der Waals surface area contributed by atoms with Crippen molar-refractivity contribution in [3.63, 3.8) is 0 Å². The van der Waals surface area contributed by atoms with Crippen molar-refractivity contribution in [2.45, 2.75) is 244 Å². The molecule has 0 saturated heterocycles. The Morgan fingerprint density at radius 1 is 0.418 bits per heavy atom. The summed E-state index contributed by atoms with van der Waals surface area (Å²) < 4.78 is 0. The van der Waals surface area contributed by atoms with Crippen LogP contribution in [0.2, 0.25) is 0 Å². The molecular weight excluding hydrogens is 1980 g/mol. The number of aliphatic hydroxyl groups is 15. The Morgan fingerprint density at radius 2 is 0.815 bits per heavy atom. The number of aliphatic hydroxyl groups excluding tert-OH is 15. The minimum atomic E-state index is -2.31. The van der Waals surface area contributed by atoms with Crippen LogP contribution < -0.4 is 80.4 Å². The molecule has 0 saturated carbocycles. The maximum absolute atomic E-state index is 15.0. The molecule has 0 unspecified atom stereocenters. The smallest absolute Gasteiger partial charge is 0.475 e. The second-order valence-electron chi connectivity index (χ2n) is 33.7. The number of benzene rings is 2. The van der Waals surface area contributed by atoms with E-state index in [0.717, 1.165) is 27.8 Å². The minimum Gasteiger partial charge on any atom is -0.481 e. The lowest BCUT2D eigenvalue weighted by atomic mass is 9.75. The molecule has 37 N–H and O–H groups in total. The van der Waals surface area contributed by atoms with Crippen LogP contribution in [0, 0.1) is 5.92 Å². The maximum atomic E-state index is 15.0. The van der Waals surface area contributed by atoms with Gasteiger partial charge in [0.25, 0.3) is 17.4 Å². The zero-order valence-electron chi connectivity index (χ0n) is 78.4. The summed E-state index contributed by atoms with van der Waals surface area (Å²) in [6.07, 6.45) is -33.5. The third kappa shape index (κ3) is 42.9. The first-order valence-electron chi connectivity index (χ1n) is 45.2. The molecule has 0 aliphatic heterocycles. The summed E-state index contributed by atoms with van der Waals surface area (Å²) in [7, 11) is -0.233. The van der Waals surface area contributed by atoms with Crippen LogP contribution in [0.5, 0.6) is 0 Å². The van der Waals surface area contributed by atoms with E-state index < -0.39 is 357 Å². The van der Waals surface area contributed by atoms with Gasteiger partial charge in [0.1, 0.15) is 109 Å². The van der Waals surface area contributed by atoms with Crippen LogP contribution in [0.4, 0.5) is 11.6 Å². The van der Waals surface area contributed by atoms with Crippen molar-refractivity contribution in [2.75, 3.05) is 56.3 Å². The number of carboxylic acids is 4. The van der Waals surface area contributed by atoms with Gasteiger partial charge in [-0.1, -0.05) is 65.8 Å². The van der Waals surface area contributed by atoms with E-state index in [9.17, 15) is 189 Å². The molecule has 0 aliphatic carbocycles. The van der Waals surface area contributed by atoms with Crippen LogP contribution in [0.25, 0.3) is 11.2 Å². The first-order valence-corrected chi connectivity index (χ1v) is 47.7. The number of rotatable bonds is 68. The molecule has 0 aliphatic rings. The van der Waals surface area contributed by atoms with Crippen molar-refractivity contribution >= 4 is 146 Å². The van der Waals surface area contributed by atoms with E-state index in [1.807, 2.05) is 0 Å². The molecule has 0 fully saturated rings. The van der Waals surface area contributed by atoms with Crippen molar-refractivity contribution in [3.8, 4) is 0 Å². The number of nitrogen functional groups attached to an aromatic ring is 1. The predicted molar refractivity (Wildman–Crippen MR) is 506 cm³/mol. The number of carbonyl (C=O) groups is 16. The van der Waals surface area contributed by atoms with Crippen LogP contribution in [0.3, 0.4) is 0 Å². The van der Waals surface area contributed by atoms with Gasteiger partial charge in [0.15, 0.2) is 11.2 Å². The van der Waals surface area contributed by atoms with Gasteiger partial charge >= 0.3 is 31.0 Å². The highest BCUT2D eigenvalue weighted by Crippen LogP contribution is 2.27. The van der Waals surface area contributed by atoms with E-state index >= 15 is 0 Å². The largest absolute Gasteiger partial charge is 0.481 e. The van der Waals surface area contributed by atoms with Gasteiger partial charge in [-0.3, -0.25) is 81.9 Å². The number of carbonyl (C=O) groups excluding carboxylic acids is 12. The van der Waals surface area contributed by atoms with Crippen LogP contribution in [0.1, 0.15) is 135 Å². The highest BCUT2D eigenvalue weighted by molar-refractivity contribution is 8.76. The Bertz CT molecular complexity index is 5220. The van der Waals surface area contributed by atoms with Gasteiger partial charge in [0.2, 0.25) is 65.0 Å². The fourth-order valence-corrected chi connectivity index (χ4v) is 15.5. The summed E-state index contributed by atoms with van der Waals surface area (Å²) in [4.78, 5) is 255. The molecule has 806 valence electrons. The molecule has 61 heteroatoms. The summed E-state index contributed by atoms with van der Waals surface area (Å²) in [5, 5.41) is 241. The normalized spacial score (nSPS) is 15.7. The number of aromatic amines is 1. The molecule has 3 aromatic heterocycles. The predicted octanol–water partition coefficient (Wildman–Crippen LogP) is -13.2. The van der Waals surface area contributed by atoms with Crippen LogP contribution in [-0.4, -0.2) is 412 Å². The second-order valence-corrected chi connectivity index (χ2v) is 36.2. The van der Waals surface area contributed by atoms with Gasteiger partial charge in [0.05, 0.1) is 80.6 Å². The standard InChI is InChI=1S/C85H123BN20O38S2/c1-38(2)24-59(86(143)144)104-80(136)50(25-39-6-4-3-5-7-39)102-81(137)51-29-89-43(28-90-51)36-145-146-37-52(84(141)142)103-79(135)46(14-20-62(118)93-32-55(112)69(126)72(129)58(115)35-109)98-78(134)48(17-23-65(122)123)100-76(132)45(13-19-61(117)92-31-54(111)68(125)71(128)57(114)34-108)97-77(133)47(16-22-64(120)121)99-75(131)44(12-18-60(116)91-30-53(110)67(124)70(127)56(113)33-107)96-63(119)21-15-49(83(139)140)101-74(130)40-8-10-41(11-9-40)88-26-42-27-94-73-66(95-42)82(138)106-85(87)105-73/h3-11,27-29,38,44-50,52-59,67-72,88,107-115,124-129,143-144H,12-26,30-37H2,1-2H3,(H,91,116)(H,92,117)(H,93,118)(H,96,119)(H,97,133)(H,98,134)(H,99,131)(H,100,132)(H,101,130)(H,102,137)(H,103,135)(H,104,136)(H,120,121)(H,122,123)(H,139,140)(H,141,142)(H3,87,94,105,106,138)/t44-,45-,46-,47-,48-,49-,50-,52-,53-,54-,55-,56+,57+,58+,59-,67+,68+,69+,70+,71+,72+/m0/s1. The number of anilines is 2. The van der Waals surface area contributed by atoms with Gasteiger partial charge in [-0.15, -0.1) is 0 Å². The Balaban J connectivity index is 1.46. The van der Waals surface area contributed by atoms with Crippen LogP contribution in [-0.2, 0) is 85.8 Å². The van der Waals surface area contributed by atoms with Gasteiger partial charge in [-0.05, 0) is 80.7 Å². The molecule has 2 aromatic carbocycles. The van der Waals surface area contributed by atoms with Crippen molar-refractivity contribution in [1.82, 2.24) is 93.7 Å². The number of hydrogen-bond donors (Lipinski definition) is 36. The molecule has 0 radical (unpaired) electrons. The number of nitrogens with two attached hydrogens (primary N) is 1. The molecule has 12 amide bonds. The number of nitrogens with zero attached hydrogens (tertiary/aromatic N) is 5. The summed E-state index contributed by atoms with van der Waals surface area (Å²) in [5.41, 5.74) is 5.82. The molecule has 3 heterocycles. The second kappa shape index (κ2) is 62.7. The van der Waals surface area contributed by atoms with E-state index in [4.69, 9.17) is 5.73 Å². The Morgan fingerprint density at radius 3 is 1.23 bits per heavy atom. The van der Waals surface area contributed by atoms with Gasteiger partial charge < -0.3 is 182 Å². The topological polar surface area (TPSA) is 978 Å². The monoisotopic (exact) mass is 2110 g/mol. The number of carboxylic acid groups (broad SMARTS) is 4. The van der Waals surface area contributed by atoms with Crippen molar-refractivity contribution in [3.05, 3.63) is 112 Å². The summed E-state index contributed by atoms with van der Waals surface area (Å²) >= 11 is 0. The van der Waals surface area contributed by atoms with E-state index in [1.165, 1.54) is 36.7 Å². The minimum absolute atomic E-state index is 0.0147. The van der Waals surface area contributed by atoms with E-state index in [2.05, 4.69) is 99.0 Å². The number of nitrogens with one attached hydrogen (secondary N) is 14. The quantitative estimate of drug-likeness (QED) is 0.00976. The number of amides is 12. The lowest BCUT2D eigenvalue weighted by Crippen LogP contribution is -2.60. The number of fused-ring (bicyclic) bond motifs is 1. The van der Waals surface area contributed by atoms with E-state index in [0.29, 0.717) is 11.3 Å². The van der Waals surface area contributed by atoms with Gasteiger partial charge in [-0.25, -0.2) is 24.5 Å². The number of aromatic nitrogens is 6. The fourth-order valence-electron chi connectivity index (χ4n) is 13.3. The van der Waals surface area contributed by atoms with Crippen molar-refractivity contribution < 1.29 is 184 Å². The molecular formula is C85H123BN20O38S2. The van der Waals surface area contributed by atoms with E-state index in [-0.39, 0.29) is 70.8 Å². The van der Waals surface area contributed by atoms with Gasteiger partial charge in [-0.2, -0.15) is 4.98 Å². The average Bonchev–Trinajstić information content (AvgIpc) is 0.807. The molecule has 0 bridgehead atoms. The van der Waals surface area contributed by atoms with Crippen molar-refractivity contribution in [2.24, 2.45) is 5.92 Å². The molecule has 5 rings (SSSR count). The number of aliphatic carboxylic acids is 4. The van der Waals surface area contributed by atoms with Crippen molar-refractivity contribution in [1.29, 1.82) is 0 Å². The molecule has 58 nitrogen and oxygen atoms in total. The maximum Gasteiger partial charge on any atom is 0.475 e. The summed E-state index contributed by atoms with van der Waals surface area (Å²) in [6.45, 7) is -2.62. The zero-order chi connectivity index (χ0) is 109. The summed E-state index contributed by atoms with van der Waals surface area (Å²) in [5.74, 6) is -23.9. The number of H-pyrrole nitrogens is 1. The number of hydrogen-bond acceptors (Lipinski definition) is 43. The Labute approximate surface area is 837 Å². The molecule has 0 spiro atoms. The highest BCUT2D eigenvalue weighted by atomic mass is 33.1. The molecule has 5 aromatic rings. The van der Waals surface area contributed by atoms with Gasteiger partial charge in [0, 0.05) is 87.3 Å². The van der Waals surface area contributed by atoms with E-state index in [1.54, 1.807) is 44.2 Å². The molecule has 21 atom stereocenters. The lowest BCUT2D eigenvalue weighted by Gasteiger charge is -2.28. The Hall–Kier alpha value is -13.1. The SMILES string of the molecule is CC(C)C[C@H](NC(=O)[C@H](Cc1ccccc1)NC(=O)c1cnc(CSSC[C@H](NC(=O)[C@H](CCC(=O)NC[C@H](O)[C@@H](O)[C@H](O)[C@H](O)CO)NC(=O)[C@H](CCC(=O)O)NC(=O)[C@H](CCC(=O)NC[C@H](O)[C@@H](O)[C@H](O)[C@H](O)CO)NC(=O)[C@H](CCC(=O)O)NC(=O)[C@H](CCC(=O)NC[C@H](O)[C@@H](O)[C@H](O)[C@H](O)CO)NC(=O)CC[C@H](NC(=O)c2ccc(NCc3cnc4nc(N)[nH]c(=O)c4n3)cc2)C(=O)O)C(=O)O)cn1)B(O)O. The first-order chi connectivity index (χ1) is 68.9. The molecule has 146 heavy (non-hydrogen) atoms. The van der Waals surface area contributed by atoms with Crippen LogP contribution >= 0.6 is 21.6 Å². The fraction of sp³-hybridized carbons (Fsp3) is 0.553. The van der Waals surface area contributed by atoms with Crippen LogP contribution in [0.15, 0.2) is 78.0 Å². The zero-order valence-corrected chi connectivity index (χ0v) is 80.1. The third-order valence-electron chi connectivity index (χ3n) is 21.7. The Kier molecular flexibility index (Phi) is 53.0. The average molecular weight is 2110 g/mol. The lowest BCUT2D eigenvalue weighted by molar-refractivity contribution is -0.142.